The molecule has 3 nitrogen and oxygen atoms in total. The quantitative estimate of drug-likeness (QED) is 0.828. The van der Waals surface area contributed by atoms with Crippen LogP contribution in [-0.4, -0.2) is 12.0 Å². The summed E-state index contributed by atoms with van der Waals surface area (Å²) in [5.41, 5.74) is -0.190. The maximum absolute atomic E-state index is 13.7. The lowest BCUT2D eigenvalue weighted by Crippen LogP contribution is -2.09. The fourth-order valence-electron chi connectivity index (χ4n) is 1.80. The first-order chi connectivity index (χ1) is 9.81. The summed E-state index contributed by atoms with van der Waals surface area (Å²) in [7, 11) is 1.46. The number of anilines is 3. The molecule has 1 aromatic heterocycles. The van der Waals surface area contributed by atoms with Gasteiger partial charge in [0.15, 0.2) is 0 Å². The lowest BCUT2D eigenvalue weighted by molar-refractivity contribution is -0.137. The minimum absolute atomic E-state index is 0.0429. The van der Waals surface area contributed by atoms with E-state index >= 15 is 0 Å². The van der Waals surface area contributed by atoms with Crippen LogP contribution in [0.2, 0.25) is 0 Å². The molecule has 2 N–H and O–H groups in total. The predicted octanol–water partition coefficient (Wildman–Crippen LogP) is 4.33. The van der Waals surface area contributed by atoms with E-state index in [9.17, 15) is 17.6 Å². The van der Waals surface area contributed by atoms with Crippen LogP contribution in [0.25, 0.3) is 0 Å². The summed E-state index contributed by atoms with van der Waals surface area (Å²) in [4.78, 5) is 3.95. The van der Waals surface area contributed by atoms with Gasteiger partial charge in [-0.1, -0.05) is 12.1 Å². The normalized spacial score (nSPS) is 11.3. The third-order valence-electron chi connectivity index (χ3n) is 2.88. The summed E-state index contributed by atoms with van der Waals surface area (Å²) in [6.07, 6.45) is -4.50. The van der Waals surface area contributed by atoms with Gasteiger partial charge in [0.1, 0.15) is 17.5 Å². The van der Waals surface area contributed by atoms with Crippen molar-refractivity contribution in [1.29, 1.82) is 0 Å². The number of alkyl halides is 3. The van der Waals surface area contributed by atoms with Crippen LogP contribution in [0.4, 0.5) is 34.9 Å². The molecule has 0 spiro atoms. The van der Waals surface area contributed by atoms with E-state index in [1.165, 1.54) is 19.2 Å². The molecule has 7 heteroatoms. The Morgan fingerprint density at radius 2 is 1.76 bits per heavy atom. The molecule has 0 unspecified atom stereocenters. The Balaban J connectivity index is 2.45. The van der Waals surface area contributed by atoms with Gasteiger partial charge in [0.25, 0.3) is 0 Å². The Bertz CT molecular complexity index is 633. The van der Waals surface area contributed by atoms with Gasteiger partial charge in [0, 0.05) is 7.05 Å². The van der Waals surface area contributed by atoms with Crippen molar-refractivity contribution in [2.45, 2.75) is 13.1 Å². The van der Waals surface area contributed by atoms with E-state index in [4.69, 9.17) is 0 Å². The van der Waals surface area contributed by atoms with Crippen LogP contribution in [-0.2, 0) is 6.18 Å². The topological polar surface area (TPSA) is 37.0 Å². The lowest BCUT2D eigenvalue weighted by Gasteiger charge is -2.14. The number of aryl methyl sites for hydroxylation is 1. The van der Waals surface area contributed by atoms with Gasteiger partial charge in [0.2, 0.25) is 0 Å². The fourth-order valence-corrected chi connectivity index (χ4v) is 1.80. The molecule has 0 bridgehead atoms. The number of pyridine rings is 1. The minimum Gasteiger partial charge on any atom is -0.373 e. The van der Waals surface area contributed by atoms with Crippen molar-refractivity contribution in [1.82, 2.24) is 4.98 Å². The van der Waals surface area contributed by atoms with Gasteiger partial charge >= 0.3 is 6.18 Å². The van der Waals surface area contributed by atoms with Gasteiger partial charge in [-0.05, 0) is 30.7 Å². The highest BCUT2D eigenvalue weighted by Crippen LogP contribution is 2.33. The molecule has 0 radical (unpaired) electrons. The predicted molar refractivity (Wildman–Crippen MR) is 73.2 cm³/mol. The second kappa shape index (κ2) is 5.59. The van der Waals surface area contributed by atoms with Crippen molar-refractivity contribution in [2.75, 3.05) is 17.7 Å². The molecule has 2 aromatic rings. The molecule has 2 rings (SSSR count). The smallest absolute Gasteiger partial charge is 0.373 e. The number of rotatable bonds is 3. The van der Waals surface area contributed by atoms with Crippen molar-refractivity contribution < 1.29 is 17.6 Å². The highest BCUT2D eigenvalue weighted by Gasteiger charge is 2.31. The number of halogens is 4. The number of aromatic nitrogens is 1. The standard InChI is InChI=1S/C14H13F4N3/c1-8-4-3-5-10(15)13(8)21-12-7-9(14(16,17)18)6-11(19-2)20-12/h3-7H,1-2H3,(H2,19,20,21). The van der Waals surface area contributed by atoms with E-state index in [0.717, 1.165) is 12.1 Å². The summed E-state index contributed by atoms with van der Waals surface area (Å²) in [5.74, 6) is -0.594. The van der Waals surface area contributed by atoms with E-state index in [2.05, 4.69) is 15.6 Å². The van der Waals surface area contributed by atoms with E-state index in [-0.39, 0.29) is 17.3 Å². The molecule has 0 amide bonds. The van der Waals surface area contributed by atoms with Crippen molar-refractivity contribution in [3.63, 3.8) is 0 Å². The highest BCUT2D eigenvalue weighted by molar-refractivity contribution is 5.63. The molecule has 0 fully saturated rings. The zero-order valence-electron chi connectivity index (χ0n) is 11.3. The van der Waals surface area contributed by atoms with Gasteiger partial charge in [-0.2, -0.15) is 13.2 Å². The average Bonchev–Trinajstić information content (AvgIpc) is 2.42. The second-order valence-corrected chi connectivity index (χ2v) is 4.43. The van der Waals surface area contributed by atoms with Crippen LogP contribution in [0.15, 0.2) is 30.3 Å². The van der Waals surface area contributed by atoms with Gasteiger partial charge in [-0.25, -0.2) is 9.37 Å². The monoisotopic (exact) mass is 299 g/mol. The summed E-state index contributed by atoms with van der Waals surface area (Å²) in [5, 5.41) is 5.15. The zero-order chi connectivity index (χ0) is 15.6. The third kappa shape index (κ3) is 3.42. The largest absolute Gasteiger partial charge is 0.416 e. The molecular formula is C14H13F4N3. The Morgan fingerprint density at radius 3 is 2.33 bits per heavy atom. The number of nitrogens with zero attached hydrogens (tertiary/aromatic N) is 1. The number of hydrogen-bond donors (Lipinski definition) is 2. The molecule has 0 aliphatic heterocycles. The Morgan fingerprint density at radius 1 is 1.10 bits per heavy atom. The number of nitrogens with one attached hydrogen (secondary N) is 2. The van der Waals surface area contributed by atoms with Gasteiger partial charge in [-0.15, -0.1) is 0 Å². The van der Waals surface area contributed by atoms with Crippen molar-refractivity contribution in [3.05, 3.63) is 47.3 Å². The number of para-hydroxylation sites is 1. The van der Waals surface area contributed by atoms with Crippen LogP contribution in [0.1, 0.15) is 11.1 Å². The summed E-state index contributed by atoms with van der Waals surface area (Å²) in [6.45, 7) is 1.65. The number of hydrogen-bond acceptors (Lipinski definition) is 3. The molecule has 112 valence electrons. The Hall–Kier alpha value is -2.31. The van der Waals surface area contributed by atoms with Gasteiger partial charge in [0.05, 0.1) is 11.3 Å². The molecule has 0 aliphatic rings. The van der Waals surface area contributed by atoms with E-state index in [0.29, 0.717) is 5.56 Å². The lowest BCUT2D eigenvalue weighted by atomic mass is 10.2. The van der Waals surface area contributed by atoms with Crippen LogP contribution >= 0.6 is 0 Å². The van der Waals surface area contributed by atoms with Crippen molar-refractivity contribution >= 4 is 17.3 Å². The maximum atomic E-state index is 13.7. The van der Waals surface area contributed by atoms with E-state index < -0.39 is 17.6 Å². The molecule has 1 heterocycles. The minimum atomic E-state index is -4.50. The average molecular weight is 299 g/mol. The summed E-state index contributed by atoms with van der Waals surface area (Å²) in [6, 6.07) is 6.13. The molecule has 21 heavy (non-hydrogen) atoms. The number of benzene rings is 1. The Kier molecular flexibility index (Phi) is 4.02. The third-order valence-corrected chi connectivity index (χ3v) is 2.88. The molecule has 0 aliphatic carbocycles. The first kappa shape index (κ1) is 15.1. The molecule has 0 saturated carbocycles. The molecular weight excluding hydrogens is 286 g/mol. The maximum Gasteiger partial charge on any atom is 0.416 e. The van der Waals surface area contributed by atoms with Crippen molar-refractivity contribution in [3.8, 4) is 0 Å². The zero-order valence-corrected chi connectivity index (χ0v) is 11.3. The Labute approximate surface area is 119 Å². The van der Waals surface area contributed by atoms with E-state index in [1.807, 2.05) is 0 Å². The SMILES string of the molecule is CNc1cc(C(F)(F)F)cc(Nc2c(C)cccc2F)n1. The van der Waals surface area contributed by atoms with Gasteiger partial charge in [-0.3, -0.25) is 0 Å². The van der Waals surface area contributed by atoms with E-state index in [1.54, 1.807) is 13.0 Å². The summed E-state index contributed by atoms with van der Waals surface area (Å²) < 4.78 is 52.2. The first-order valence-corrected chi connectivity index (χ1v) is 6.10. The second-order valence-electron chi connectivity index (χ2n) is 4.43. The first-order valence-electron chi connectivity index (χ1n) is 6.10. The van der Waals surface area contributed by atoms with Crippen LogP contribution in [0.5, 0.6) is 0 Å². The fraction of sp³-hybridized carbons (Fsp3) is 0.214. The van der Waals surface area contributed by atoms with Crippen LogP contribution in [0.3, 0.4) is 0 Å². The van der Waals surface area contributed by atoms with Crippen molar-refractivity contribution in [2.24, 2.45) is 0 Å². The summed E-state index contributed by atoms with van der Waals surface area (Å²) >= 11 is 0. The molecule has 0 atom stereocenters. The molecule has 1 aromatic carbocycles. The van der Waals surface area contributed by atoms with Crippen LogP contribution in [0, 0.1) is 12.7 Å². The van der Waals surface area contributed by atoms with Crippen LogP contribution < -0.4 is 10.6 Å². The molecule has 0 saturated heterocycles. The highest BCUT2D eigenvalue weighted by atomic mass is 19.4. The van der Waals surface area contributed by atoms with Gasteiger partial charge < -0.3 is 10.6 Å².